The smallest absolute Gasteiger partial charge is 0.251 e. The highest BCUT2D eigenvalue weighted by Crippen LogP contribution is 2.16. The predicted molar refractivity (Wildman–Crippen MR) is 89.1 cm³/mol. The molecule has 0 radical (unpaired) electrons. The van der Waals surface area contributed by atoms with E-state index in [1.54, 1.807) is 11.8 Å². The van der Waals surface area contributed by atoms with E-state index in [0.717, 1.165) is 16.9 Å². The summed E-state index contributed by atoms with van der Waals surface area (Å²) in [5.74, 6) is 0.575. The number of thioether (sulfide) groups is 1. The Morgan fingerprint density at radius 3 is 2.27 bits per heavy atom. The molecule has 2 aromatic carbocycles. The molecule has 1 amide bonds. The second-order valence-electron chi connectivity index (χ2n) is 4.71. The van der Waals surface area contributed by atoms with E-state index in [2.05, 4.69) is 5.32 Å². The van der Waals surface area contributed by atoms with Gasteiger partial charge in [0.25, 0.3) is 5.91 Å². The van der Waals surface area contributed by atoms with Gasteiger partial charge in [-0.15, -0.1) is 11.8 Å². The van der Waals surface area contributed by atoms with E-state index in [4.69, 9.17) is 0 Å². The summed E-state index contributed by atoms with van der Waals surface area (Å²) >= 11 is 1.67. The van der Waals surface area contributed by atoms with Crippen molar-refractivity contribution < 1.29 is 13.2 Å². The van der Waals surface area contributed by atoms with Crippen LogP contribution in [0.15, 0.2) is 64.4 Å². The van der Waals surface area contributed by atoms with Crippen molar-refractivity contribution in [1.29, 1.82) is 0 Å². The highest BCUT2D eigenvalue weighted by Gasteiger charge is 2.09. The third-order valence-electron chi connectivity index (χ3n) is 2.94. The molecule has 0 aromatic heterocycles. The van der Waals surface area contributed by atoms with Gasteiger partial charge in [-0.2, -0.15) is 0 Å². The first-order chi connectivity index (χ1) is 10.5. The van der Waals surface area contributed by atoms with Gasteiger partial charge in [0.05, 0.1) is 4.90 Å². The molecule has 4 nitrogen and oxygen atoms in total. The van der Waals surface area contributed by atoms with Crippen LogP contribution in [0.4, 0.5) is 0 Å². The predicted octanol–water partition coefficient (Wildman–Crippen LogP) is 2.61. The van der Waals surface area contributed by atoms with Gasteiger partial charge in [-0.1, -0.05) is 18.2 Å². The molecule has 0 aliphatic carbocycles. The number of carbonyl (C=O) groups is 1. The monoisotopic (exact) mass is 335 g/mol. The quantitative estimate of drug-likeness (QED) is 0.651. The van der Waals surface area contributed by atoms with E-state index in [0.29, 0.717) is 12.1 Å². The Kier molecular flexibility index (Phi) is 5.63. The van der Waals surface area contributed by atoms with Crippen LogP contribution in [0.5, 0.6) is 0 Å². The molecule has 22 heavy (non-hydrogen) atoms. The fraction of sp³-hybridized carbons (Fsp3) is 0.188. The van der Waals surface area contributed by atoms with Crippen LogP contribution in [-0.4, -0.2) is 32.9 Å². The van der Waals surface area contributed by atoms with E-state index in [9.17, 15) is 13.2 Å². The van der Waals surface area contributed by atoms with Crippen molar-refractivity contribution in [3.8, 4) is 0 Å². The van der Waals surface area contributed by atoms with Gasteiger partial charge in [0.1, 0.15) is 0 Å². The number of carbonyl (C=O) groups excluding carboxylic acids is 1. The number of sulfone groups is 1. The van der Waals surface area contributed by atoms with Gasteiger partial charge in [-0.25, -0.2) is 8.42 Å². The van der Waals surface area contributed by atoms with Crippen LogP contribution in [0.25, 0.3) is 0 Å². The summed E-state index contributed by atoms with van der Waals surface area (Å²) in [5, 5.41) is 2.82. The lowest BCUT2D eigenvalue weighted by Gasteiger charge is -2.06. The molecule has 0 fully saturated rings. The fourth-order valence-corrected chi connectivity index (χ4v) is 3.23. The van der Waals surface area contributed by atoms with E-state index >= 15 is 0 Å². The van der Waals surface area contributed by atoms with Crippen LogP contribution in [0.3, 0.4) is 0 Å². The zero-order valence-corrected chi connectivity index (χ0v) is 13.8. The Morgan fingerprint density at radius 2 is 1.68 bits per heavy atom. The molecular weight excluding hydrogens is 318 g/mol. The van der Waals surface area contributed by atoms with Crippen molar-refractivity contribution in [2.75, 3.05) is 18.6 Å². The number of rotatable bonds is 6. The summed E-state index contributed by atoms with van der Waals surface area (Å²) in [5.41, 5.74) is 0.456. The zero-order valence-electron chi connectivity index (χ0n) is 12.2. The first-order valence-electron chi connectivity index (χ1n) is 6.73. The van der Waals surface area contributed by atoms with Crippen LogP contribution in [0.2, 0.25) is 0 Å². The molecular formula is C16H17NO3S2. The van der Waals surface area contributed by atoms with Crippen molar-refractivity contribution in [2.24, 2.45) is 0 Å². The Hall–Kier alpha value is -1.79. The summed E-state index contributed by atoms with van der Waals surface area (Å²) < 4.78 is 22.7. The Bertz CT molecular complexity index is 726. The van der Waals surface area contributed by atoms with E-state index in [1.807, 2.05) is 30.3 Å². The fourth-order valence-electron chi connectivity index (χ4n) is 1.81. The highest BCUT2D eigenvalue weighted by molar-refractivity contribution is 7.99. The standard InChI is InChI=1S/C16H17NO3S2/c1-22(19,20)15-9-7-13(8-10-15)16(18)17-11-12-21-14-5-3-2-4-6-14/h2-10H,11-12H2,1H3,(H,17,18). The Labute approximate surface area is 134 Å². The van der Waals surface area contributed by atoms with Crippen LogP contribution >= 0.6 is 11.8 Å². The van der Waals surface area contributed by atoms with E-state index < -0.39 is 9.84 Å². The molecule has 0 saturated carbocycles. The van der Waals surface area contributed by atoms with Gasteiger partial charge >= 0.3 is 0 Å². The van der Waals surface area contributed by atoms with Gasteiger partial charge < -0.3 is 5.32 Å². The van der Waals surface area contributed by atoms with E-state index in [1.165, 1.54) is 24.3 Å². The van der Waals surface area contributed by atoms with Crippen molar-refractivity contribution in [3.63, 3.8) is 0 Å². The molecule has 0 aliphatic heterocycles. The Morgan fingerprint density at radius 1 is 1.05 bits per heavy atom. The van der Waals surface area contributed by atoms with Gasteiger partial charge in [0.2, 0.25) is 0 Å². The number of hydrogen-bond donors (Lipinski definition) is 1. The molecule has 0 atom stereocenters. The summed E-state index contributed by atoms with van der Waals surface area (Å²) in [6.07, 6.45) is 1.14. The van der Waals surface area contributed by atoms with Crippen LogP contribution in [-0.2, 0) is 9.84 Å². The number of amides is 1. The molecule has 0 unspecified atom stereocenters. The second-order valence-corrected chi connectivity index (χ2v) is 7.90. The summed E-state index contributed by atoms with van der Waals surface area (Å²) in [6.45, 7) is 0.548. The minimum Gasteiger partial charge on any atom is -0.351 e. The normalized spacial score (nSPS) is 11.1. The van der Waals surface area contributed by atoms with Gasteiger partial charge in [-0.05, 0) is 36.4 Å². The van der Waals surface area contributed by atoms with Crippen molar-refractivity contribution in [2.45, 2.75) is 9.79 Å². The minimum atomic E-state index is -3.23. The number of hydrogen-bond acceptors (Lipinski definition) is 4. The molecule has 6 heteroatoms. The van der Waals surface area contributed by atoms with E-state index in [-0.39, 0.29) is 10.8 Å². The zero-order chi connectivity index (χ0) is 16.0. The maximum absolute atomic E-state index is 11.9. The van der Waals surface area contributed by atoms with Crippen molar-refractivity contribution in [1.82, 2.24) is 5.32 Å². The van der Waals surface area contributed by atoms with Crippen molar-refractivity contribution >= 4 is 27.5 Å². The van der Waals surface area contributed by atoms with Crippen LogP contribution in [0, 0.1) is 0 Å². The largest absolute Gasteiger partial charge is 0.351 e. The van der Waals surface area contributed by atoms with Crippen LogP contribution < -0.4 is 5.32 Å². The Balaban J connectivity index is 1.82. The average Bonchev–Trinajstić information content (AvgIpc) is 2.52. The third kappa shape index (κ3) is 4.89. The molecule has 0 aliphatic rings. The molecule has 1 N–H and O–H groups in total. The molecule has 0 heterocycles. The maximum atomic E-state index is 11.9. The lowest BCUT2D eigenvalue weighted by molar-refractivity contribution is 0.0956. The first-order valence-corrected chi connectivity index (χ1v) is 9.61. The topological polar surface area (TPSA) is 63.2 Å². The summed E-state index contributed by atoms with van der Waals surface area (Å²) in [6, 6.07) is 15.9. The highest BCUT2D eigenvalue weighted by atomic mass is 32.2. The van der Waals surface area contributed by atoms with Crippen LogP contribution in [0.1, 0.15) is 10.4 Å². The molecule has 0 spiro atoms. The lowest BCUT2D eigenvalue weighted by Crippen LogP contribution is -2.25. The number of nitrogens with one attached hydrogen (secondary N) is 1. The minimum absolute atomic E-state index is 0.200. The summed E-state index contributed by atoms with van der Waals surface area (Å²) in [4.78, 5) is 13.3. The number of benzene rings is 2. The lowest BCUT2D eigenvalue weighted by atomic mass is 10.2. The second kappa shape index (κ2) is 7.47. The molecule has 2 aromatic rings. The molecule has 116 valence electrons. The first kappa shape index (κ1) is 16.6. The van der Waals surface area contributed by atoms with Gasteiger partial charge in [0, 0.05) is 29.0 Å². The third-order valence-corrected chi connectivity index (χ3v) is 5.09. The van der Waals surface area contributed by atoms with Gasteiger partial charge in [0.15, 0.2) is 9.84 Å². The average molecular weight is 335 g/mol. The molecule has 0 saturated heterocycles. The van der Waals surface area contributed by atoms with Gasteiger partial charge in [-0.3, -0.25) is 4.79 Å². The van der Waals surface area contributed by atoms with Crippen molar-refractivity contribution in [3.05, 3.63) is 60.2 Å². The summed E-state index contributed by atoms with van der Waals surface area (Å²) in [7, 11) is -3.23. The molecule has 0 bridgehead atoms. The maximum Gasteiger partial charge on any atom is 0.251 e. The molecule has 2 rings (SSSR count). The SMILES string of the molecule is CS(=O)(=O)c1ccc(C(=O)NCCSc2ccccc2)cc1.